The smallest absolute Gasteiger partial charge is 0.262 e. The molecular weight excluding hydrogens is 538 g/mol. The van der Waals surface area contributed by atoms with E-state index in [0.717, 1.165) is 11.1 Å². The van der Waals surface area contributed by atoms with Crippen molar-refractivity contribution in [1.82, 2.24) is 9.62 Å². The average Bonchev–Trinajstić information content (AvgIpc) is 3.01. The Hall–Kier alpha value is -4.47. The molecule has 0 aliphatic carbocycles. The Balaban J connectivity index is 1.36. The van der Waals surface area contributed by atoms with Crippen LogP contribution < -0.4 is 15.0 Å². The molecule has 1 aliphatic heterocycles. The number of ether oxygens (including phenoxy) is 1. The molecule has 4 aromatic rings. The molecule has 1 aliphatic rings. The van der Waals surface area contributed by atoms with Crippen molar-refractivity contribution in [2.75, 3.05) is 24.5 Å². The third-order valence-corrected chi connectivity index (χ3v) is 8.62. The lowest BCUT2D eigenvalue weighted by atomic mass is 10.1. The van der Waals surface area contributed by atoms with E-state index in [1.54, 1.807) is 42.5 Å². The number of nitrogens with zero attached hydrogens (tertiary/aromatic N) is 2. The standard InChI is InChI=1S/C32H31N3O5S/c36-31(24-34(22-26-14-6-2-7-15-26)41(38,39)27-16-8-3-9-17-27)35-23-30(40-29-19-11-10-18-28(29)35)32(37)33-21-20-25-12-4-1-5-13-25/h1-19,30H,20-24H2,(H,33,37)/t30-/m1/s1. The van der Waals surface area contributed by atoms with E-state index in [-0.39, 0.29) is 23.9 Å². The molecule has 0 unspecified atom stereocenters. The third kappa shape index (κ3) is 6.82. The zero-order chi connectivity index (χ0) is 28.7. The van der Waals surface area contributed by atoms with Gasteiger partial charge in [-0.2, -0.15) is 4.31 Å². The van der Waals surface area contributed by atoms with Crippen molar-refractivity contribution in [1.29, 1.82) is 0 Å². The highest BCUT2D eigenvalue weighted by Crippen LogP contribution is 2.33. The van der Waals surface area contributed by atoms with Crippen LogP contribution in [-0.2, 0) is 32.6 Å². The van der Waals surface area contributed by atoms with Crippen molar-refractivity contribution < 1.29 is 22.7 Å². The van der Waals surface area contributed by atoms with Crippen molar-refractivity contribution in [2.45, 2.75) is 24.0 Å². The van der Waals surface area contributed by atoms with Crippen molar-refractivity contribution in [3.8, 4) is 5.75 Å². The highest BCUT2D eigenvalue weighted by molar-refractivity contribution is 7.89. The lowest BCUT2D eigenvalue weighted by Gasteiger charge is -2.35. The molecule has 2 amide bonds. The zero-order valence-corrected chi connectivity index (χ0v) is 23.2. The Labute approximate surface area is 240 Å². The summed E-state index contributed by atoms with van der Waals surface area (Å²) in [5.74, 6) is -0.416. The predicted molar refractivity (Wildman–Crippen MR) is 157 cm³/mol. The zero-order valence-electron chi connectivity index (χ0n) is 22.4. The highest BCUT2D eigenvalue weighted by atomic mass is 32.2. The Morgan fingerprint density at radius 1 is 0.805 bits per heavy atom. The molecule has 210 valence electrons. The van der Waals surface area contributed by atoms with Crippen LogP contribution in [0.3, 0.4) is 0 Å². The monoisotopic (exact) mass is 569 g/mol. The molecule has 8 nitrogen and oxygen atoms in total. The van der Waals surface area contributed by atoms with Crippen LogP contribution in [0.25, 0.3) is 0 Å². The van der Waals surface area contributed by atoms with Gasteiger partial charge < -0.3 is 15.0 Å². The molecule has 1 heterocycles. The summed E-state index contributed by atoms with van der Waals surface area (Å²) in [6.07, 6.45) is -0.289. The topological polar surface area (TPSA) is 96.0 Å². The molecule has 0 radical (unpaired) electrons. The second-order valence-corrected chi connectivity index (χ2v) is 11.6. The highest BCUT2D eigenvalue weighted by Gasteiger charge is 2.36. The molecule has 1 N–H and O–H groups in total. The molecular formula is C32H31N3O5S. The van der Waals surface area contributed by atoms with Crippen LogP contribution in [0.4, 0.5) is 5.69 Å². The summed E-state index contributed by atoms with van der Waals surface area (Å²) >= 11 is 0. The summed E-state index contributed by atoms with van der Waals surface area (Å²) in [6, 6.07) is 33.9. The summed E-state index contributed by atoms with van der Waals surface area (Å²) in [7, 11) is -4.00. The lowest BCUT2D eigenvalue weighted by molar-refractivity contribution is -0.128. The molecule has 0 fully saturated rings. The minimum atomic E-state index is -4.00. The second-order valence-electron chi connectivity index (χ2n) is 9.68. The number of benzene rings is 4. The minimum absolute atomic E-state index is 0.0131. The molecule has 0 spiro atoms. The predicted octanol–water partition coefficient (Wildman–Crippen LogP) is 4.03. The number of hydrogen-bond acceptors (Lipinski definition) is 5. The van der Waals surface area contributed by atoms with E-state index in [1.165, 1.54) is 21.3 Å². The third-order valence-electron chi connectivity index (χ3n) is 6.82. The molecule has 5 rings (SSSR count). The SMILES string of the molecule is O=C(NCCc1ccccc1)[C@H]1CN(C(=O)CN(Cc2ccccc2)S(=O)(=O)c2ccccc2)c2ccccc2O1. The van der Waals surface area contributed by atoms with Crippen LogP contribution in [-0.4, -0.2) is 50.3 Å². The van der Waals surface area contributed by atoms with Gasteiger partial charge >= 0.3 is 0 Å². The first kappa shape index (κ1) is 28.1. The van der Waals surface area contributed by atoms with E-state index < -0.39 is 28.6 Å². The Morgan fingerprint density at radius 3 is 2.07 bits per heavy atom. The van der Waals surface area contributed by atoms with E-state index in [9.17, 15) is 18.0 Å². The Morgan fingerprint density at radius 2 is 1.39 bits per heavy atom. The van der Waals surface area contributed by atoms with Gasteiger partial charge in [-0.3, -0.25) is 9.59 Å². The van der Waals surface area contributed by atoms with Crippen molar-refractivity contribution >= 4 is 27.5 Å². The molecule has 1 atom stereocenters. The van der Waals surface area contributed by atoms with Gasteiger partial charge in [0, 0.05) is 13.1 Å². The van der Waals surface area contributed by atoms with Gasteiger partial charge in [0.1, 0.15) is 5.75 Å². The van der Waals surface area contributed by atoms with E-state index in [4.69, 9.17) is 4.74 Å². The number of nitrogens with one attached hydrogen (secondary N) is 1. The fourth-order valence-corrected chi connectivity index (χ4v) is 6.08. The van der Waals surface area contributed by atoms with Gasteiger partial charge in [-0.15, -0.1) is 0 Å². The number of anilines is 1. The van der Waals surface area contributed by atoms with Gasteiger partial charge in [0.15, 0.2) is 6.10 Å². The molecule has 0 saturated carbocycles. The molecule has 0 aromatic heterocycles. The first-order valence-electron chi connectivity index (χ1n) is 13.4. The van der Waals surface area contributed by atoms with E-state index in [0.29, 0.717) is 24.4 Å². The van der Waals surface area contributed by atoms with Crippen LogP contribution in [0.15, 0.2) is 120 Å². The maximum Gasteiger partial charge on any atom is 0.262 e. The van der Waals surface area contributed by atoms with Gasteiger partial charge in [-0.1, -0.05) is 91.0 Å². The summed E-state index contributed by atoms with van der Waals surface area (Å²) in [6.45, 7) is -0.0297. The van der Waals surface area contributed by atoms with Crippen molar-refractivity contribution in [2.24, 2.45) is 0 Å². The minimum Gasteiger partial charge on any atom is -0.477 e. The van der Waals surface area contributed by atoms with Gasteiger partial charge in [0.05, 0.1) is 23.7 Å². The molecule has 0 bridgehead atoms. The first-order valence-corrected chi connectivity index (χ1v) is 14.8. The van der Waals surface area contributed by atoms with Crippen molar-refractivity contribution in [3.05, 3.63) is 126 Å². The number of para-hydroxylation sites is 2. The molecule has 0 saturated heterocycles. The number of rotatable bonds is 10. The maximum absolute atomic E-state index is 13.8. The van der Waals surface area contributed by atoms with Gasteiger partial charge in [-0.25, -0.2) is 8.42 Å². The quantitative estimate of drug-likeness (QED) is 0.311. The summed E-state index contributed by atoms with van der Waals surface area (Å²) in [5.41, 5.74) is 2.33. The fraction of sp³-hybridized carbons (Fsp3) is 0.188. The Bertz CT molecular complexity index is 1580. The normalized spacial score (nSPS) is 14.7. The van der Waals surface area contributed by atoms with Crippen molar-refractivity contribution in [3.63, 3.8) is 0 Å². The van der Waals surface area contributed by atoms with Crippen LogP contribution >= 0.6 is 0 Å². The largest absolute Gasteiger partial charge is 0.477 e. The number of carbonyl (C=O) groups excluding carboxylic acids is 2. The van der Waals surface area contributed by atoms with Gasteiger partial charge in [0.25, 0.3) is 5.91 Å². The summed E-state index contributed by atoms with van der Waals surface area (Å²) in [4.78, 5) is 28.5. The number of carbonyl (C=O) groups is 2. The lowest BCUT2D eigenvalue weighted by Crippen LogP contribution is -2.53. The summed E-state index contributed by atoms with van der Waals surface area (Å²) < 4.78 is 34.5. The molecule has 41 heavy (non-hydrogen) atoms. The average molecular weight is 570 g/mol. The van der Waals surface area contributed by atoms with Crippen LogP contribution in [0, 0.1) is 0 Å². The second kappa shape index (κ2) is 12.8. The van der Waals surface area contributed by atoms with Crippen LogP contribution in [0.5, 0.6) is 5.75 Å². The van der Waals surface area contributed by atoms with Crippen LogP contribution in [0.1, 0.15) is 11.1 Å². The van der Waals surface area contributed by atoms with Crippen LogP contribution in [0.2, 0.25) is 0 Å². The number of fused-ring (bicyclic) bond motifs is 1. The molecule has 9 heteroatoms. The maximum atomic E-state index is 13.8. The van der Waals surface area contributed by atoms with E-state index >= 15 is 0 Å². The van der Waals surface area contributed by atoms with Gasteiger partial charge in [0.2, 0.25) is 15.9 Å². The summed E-state index contributed by atoms with van der Waals surface area (Å²) in [5, 5.41) is 2.90. The first-order chi connectivity index (χ1) is 19.9. The number of hydrogen-bond donors (Lipinski definition) is 1. The van der Waals surface area contributed by atoms with E-state index in [2.05, 4.69) is 5.32 Å². The number of amides is 2. The Kier molecular flexibility index (Phi) is 8.76. The molecule has 4 aromatic carbocycles. The fourth-order valence-electron chi connectivity index (χ4n) is 4.69. The van der Waals surface area contributed by atoms with E-state index in [1.807, 2.05) is 60.7 Å². The van der Waals surface area contributed by atoms with Gasteiger partial charge in [-0.05, 0) is 41.8 Å². The number of sulfonamides is 1.